The predicted molar refractivity (Wildman–Crippen MR) is 112 cm³/mol. The van der Waals surface area contributed by atoms with Crippen molar-refractivity contribution in [2.24, 2.45) is 0 Å². The van der Waals surface area contributed by atoms with Gasteiger partial charge in [-0.05, 0) is 42.9 Å². The highest BCUT2D eigenvalue weighted by Gasteiger charge is 2.33. The van der Waals surface area contributed by atoms with Crippen LogP contribution in [0.5, 0.6) is 5.88 Å². The van der Waals surface area contributed by atoms with Crippen molar-refractivity contribution in [1.82, 2.24) is 15.3 Å². The van der Waals surface area contributed by atoms with Crippen LogP contribution in [0.2, 0.25) is 0 Å². The van der Waals surface area contributed by atoms with E-state index in [9.17, 15) is 9.18 Å². The van der Waals surface area contributed by atoms with Gasteiger partial charge in [0.1, 0.15) is 5.82 Å². The molecule has 2 N–H and O–H groups in total. The zero-order valence-corrected chi connectivity index (χ0v) is 17.2. The number of carbonyl (C=O) groups excluding carboxylic acids is 1. The Balaban J connectivity index is 1.68. The summed E-state index contributed by atoms with van der Waals surface area (Å²) in [7, 11) is 1.50. The average molecular weight is 408 g/mol. The predicted octanol–water partition coefficient (Wildman–Crippen LogP) is 3.83. The largest absolute Gasteiger partial charge is 0.480 e. The summed E-state index contributed by atoms with van der Waals surface area (Å²) in [4.78, 5) is 21.6. The Morgan fingerprint density at radius 1 is 1.33 bits per heavy atom. The normalized spacial score (nSPS) is 22.8. The van der Waals surface area contributed by atoms with E-state index in [4.69, 9.17) is 10.1 Å². The maximum atomic E-state index is 14.1. The number of Topliss-reactive ketones (excluding diaryl/α,β-unsaturated/α-hetero) is 1. The summed E-state index contributed by atoms with van der Waals surface area (Å²) in [6, 6.07) is 4.93. The lowest BCUT2D eigenvalue weighted by molar-refractivity contribution is -0.115. The smallest absolute Gasteiger partial charge is 0.232 e. The maximum Gasteiger partial charge on any atom is 0.232 e. The third-order valence-electron chi connectivity index (χ3n) is 5.78. The molecule has 1 aliphatic heterocycles. The molecule has 2 atom stereocenters. The zero-order chi connectivity index (χ0) is 21.3. The molecule has 2 unspecified atom stereocenters. The van der Waals surface area contributed by atoms with Crippen molar-refractivity contribution >= 4 is 11.5 Å². The number of nitrogens with one attached hydrogen (secondary N) is 2. The van der Waals surface area contributed by atoms with Gasteiger partial charge in [0.25, 0.3) is 0 Å². The first-order valence-electron chi connectivity index (χ1n) is 10.2. The van der Waals surface area contributed by atoms with Gasteiger partial charge < -0.3 is 15.5 Å². The van der Waals surface area contributed by atoms with Crippen molar-refractivity contribution in [1.29, 1.82) is 5.41 Å². The maximum absolute atomic E-state index is 14.1. The van der Waals surface area contributed by atoms with E-state index in [-0.39, 0.29) is 17.5 Å². The molecule has 0 radical (unpaired) electrons. The number of ketones is 1. The summed E-state index contributed by atoms with van der Waals surface area (Å²) >= 11 is 0. The molecule has 0 bridgehead atoms. The number of hydrogen-bond donors (Lipinski definition) is 2. The molecule has 2 heterocycles. The fourth-order valence-corrected chi connectivity index (χ4v) is 4.18. The first kappa shape index (κ1) is 20.3. The van der Waals surface area contributed by atoms with E-state index in [0.717, 1.165) is 30.5 Å². The number of aromatic nitrogens is 2. The van der Waals surface area contributed by atoms with E-state index in [2.05, 4.69) is 15.3 Å². The second kappa shape index (κ2) is 8.44. The molecule has 4 rings (SSSR count). The number of halogens is 1. The van der Waals surface area contributed by atoms with E-state index in [0.29, 0.717) is 47.3 Å². The lowest BCUT2D eigenvalue weighted by Crippen LogP contribution is -2.26. The molecule has 6 nitrogen and oxygen atoms in total. The topological polar surface area (TPSA) is 97.9 Å². The number of ether oxygens (including phenoxy) is 1. The summed E-state index contributed by atoms with van der Waals surface area (Å²) < 4.78 is 19.2. The van der Waals surface area contributed by atoms with E-state index in [1.807, 2.05) is 6.92 Å². The second-order valence-corrected chi connectivity index (χ2v) is 7.83. The van der Waals surface area contributed by atoms with Crippen LogP contribution in [-0.2, 0) is 4.79 Å². The summed E-state index contributed by atoms with van der Waals surface area (Å²) in [6.45, 7) is 3.01. The Labute approximate surface area is 175 Å². The van der Waals surface area contributed by atoms with Crippen molar-refractivity contribution in [3.05, 3.63) is 53.1 Å². The molecule has 1 saturated carbocycles. The molecule has 1 aliphatic carbocycles. The van der Waals surface area contributed by atoms with Crippen molar-refractivity contribution in [2.45, 2.75) is 44.6 Å². The average Bonchev–Trinajstić information content (AvgIpc) is 3.56. The van der Waals surface area contributed by atoms with E-state index in [1.54, 1.807) is 12.3 Å². The van der Waals surface area contributed by atoms with Crippen LogP contribution in [0.4, 0.5) is 4.39 Å². The van der Waals surface area contributed by atoms with Crippen LogP contribution in [0.3, 0.4) is 0 Å². The number of methoxy groups -OCH3 is 1. The third kappa shape index (κ3) is 4.16. The molecule has 1 aromatic carbocycles. The summed E-state index contributed by atoms with van der Waals surface area (Å²) in [5.41, 5.74) is 3.91. The van der Waals surface area contributed by atoms with Gasteiger partial charge in [-0.3, -0.25) is 9.78 Å². The van der Waals surface area contributed by atoms with Crippen molar-refractivity contribution in [3.8, 4) is 17.1 Å². The third-order valence-corrected chi connectivity index (χ3v) is 5.78. The molecule has 1 saturated heterocycles. The van der Waals surface area contributed by atoms with Gasteiger partial charge in [-0.1, -0.05) is 18.6 Å². The lowest BCUT2D eigenvalue weighted by Gasteiger charge is -2.27. The van der Waals surface area contributed by atoms with E-state index >= 15 is 0 Å². The number of rotatable bonds is 6. The highest BCUT2D eigenvalue weighted by Crippen LogP contribution is 2.39. The van der Waals surface area contributed by atoms with Crippen molar-refractivity contribution in [3.63, 3.8) is 0 Å². The quantitative estimate of drug-likeness (QED) is 0.559. The van der Waals surface area contributed by atoms with Crippen LogP contribution >= 0.6 is 0 Å². The molecular formula is C23H25FN4O2. The van der Waals surface area contributed by atoms with E-state index in [1.165, 1.54) is 25.4 Å². The number of benzene rings is 1. The molecule has 156 valence electrons. The van der Waals surface area contributed by atoms with Gasteiger partial charge in [-0.2, -0.15) is 0 Å². The summed E-state index contributed by atoms with van der Waals surface area (Å²) in [5.74, 6) is -0.252. The van der Waals surface area contributed by atoms with Gasteiger partial charge in [0.2, 0.25) is 5.88 Å². The van der Waals surface area contributed by atoms with Gasteiger partial charge in [0.05, 0.1) is 25.2 Å². The summed E-state index contributed by atoms with van der Waals surface area (Å²) in [5, 5.41) is 11.9. The molecule has 0 spiro atoms. The van der Waals surface area contributed by atoms with Crippen LogP contribution in [0.1, 0.15) is 44.1 Å². The Kier molecular flexibility index (Phi) is 5.72. The van der Waals surface area contributed by atoms with Crippen LogP contribution in [0.15, 0.2) is 41.7 Å². The fraction of sp³-hybridized carbons (Fsp3) is 0.391. The molecular weight excluding hydrogens is 383 g/mol. The number of hydrogen-bond acceptors (Lipinski definition) is 6. The molecule has 7 heteroatoms. The minimum absolute atomic E-state index is 0.000696. The summed E-state index contributed by atoms with van der Waals surface area (Å²) in [6.07, 6.45) is 5.38. The molecule has 1 aromatic heterocycles. The lowest BCUT2D eigenvalue weighted by atomic mass is 9.76. The van der Waals surface area contributed by atoms with E-state index < -0.39 is 0 Å². The Morgan fingerprint density at radius 2 is 2.13 bits per heavy atom. The Morgan fingerprint density at radius 3 is 2.80 bits per heavy atom. The van der Waals surface area contributed by atoms with Crippen LogP contribution in [0, 0.1) is 11.2 Å². The van der Waals surface area contributed by atoms with Crippen LogP contribution in [-0.4, -0.2) is 41.2 Å². The van der Waals surface area contributed by atoms with Crippen molar-refractivity contribution < 1.29 is 13.9 Å². The van der Waals surface area contributed by atoms with Crippen molar-refractivity contribution in [2.75, 3.05) is 13.7 Å². The highest BCUT2D eigenvalue weighted by atomic mass is 19.1. The number of allylic oxidation sites excluding steroid dienone is 1. The monoisotopic (exact) mass is 408 g/mol. The standard InChI is InChI=1S/C23H25FN4O2/c1-3-13(6-16-10-27-16)23-19(25)7-14(8-21(23)29)17-5-4-15(24)9-18(17)20-11-26-12-22(28-20)30-2/h4-5,9,11-12,14,16,25,27H,3,6-8,10H2,1-2H3/b23-13+,25-19?. The molecule has 2 fully saturated rings. The zero-order valence-electron chi connectivity index (χ0n) is 17.2. The fourth-order valence-electron chi connectivity index (χ4n) is 4.18. The van der Waals surface area contributed by atoms with Gasteiger partial charge in [0.15, 0.2) is 5.78 Å². The van der Waals surface area contributed by atoms with Gasteiger partial charge in [-0.25, -0.2) is 9.37 Å². The van der Waals surface area contributed by atoms with Crippen LogP contribution < -0.4 is 10.1 Å². The second-order valence-electron chi connectivity index (χ2n) is 7.83. The number of carbonyl (C=O) groups is 1. The Hall–Kier alpha value is -2.93. The first-order chi connectivity index (χ1) is 14.5. The minimum Gasteiger partial charge on any atom is -0.480 e. The molecule has 0 amide bonds. The van der Waals surface area contributed by atoms with Gasteiger partial charge in [-0.15, -0.1) is 0 Å². The Bertz CT molecular complexity index is 1010. The van der Waals surface area contributed by atoms with Gasteiger partial charge >= 0.3 is 0 Å². The number of nitrogens with zero attached hydrogens (tertiary/aromatic N) is 2. The molecule has 2 aliphatic rings. The van der Waals surface area contributed by atoms with Crippen LogP contribution in [0.25, 0.3) is 11.3 Å². The molecule has 2 aromatic rings. The minimum atomic E-state index is -0.388. The SMILES string of the molecule is CC/C(CC1CN1)=C1/C(=N)CC(c2ccc(F)cc2-c2cncc(OC)n2)CC1=O. The molecule has 30 heavy (non-hydrogen) atoms. The van der Waals surface area contributed by atoms with Gasteiger partial charge in [0, 0.05) is 35.9 Å². The highest BCUT2D eigenvalue weighted by molar-refractivity contribution is 6.24. The first-order valence-corrected chi connectivity index (χ1v) is 10.2.